The van der Waals surface area contributed by atoms with Gasteiger partial charge in [-0.1, -0.05) is 12.1 Å². The minimum absolute atomic E-state index is 0.513. The lowest BCUT2D eigenvalue weighted by Crippen LogP contribution is -2.31. The summed E-state index contributed by atoms with van der Waals surface area (Å²) < 4.78 is 5.35. The lowest BCUT2D eigenvalue weighted by Gasteiger charge is -2.23. The number of anilines is 1. The van der Waals surface area contributed by atoms with E-state index in [0.29, 0.717) is 13.0 Å². The molecule has 5 heteroatoms. The molecule has 1 atom stereocenters. The fourth-order valence-corrected chi connectivity index (χ4v) is 2.92. The molecule has 1 aromatic heterocycles. The number of benzene rings is 1. The number of ether oxygens (including phenoxy) is 1. The van der Waals surface area contributed by atoms with Gasteiger partial charge in [-0.3, -0.25) is 9.78 Å². The van der Waals surface area contributed by atoms with Crippen LogP contribution < -0.4 is 9.64 Å². The number of methoxy groups -OCH3 is 1. The van der Waals surface area contributed by atoms with Gasteiger partial charge in [0.05, 0.1) is 12.5 Å². The molecular weight excluding hydrogens is 268 g/mol. The highest BCUT2D eigenvalue weighted by atomic mass is 16.5. The first-order chi connectivity index (χ1) is 10.0. The maximum atomic E-state index is 11.4. The molecule has 5 nitrogen and oxygen atoms in total. The van der Waals surface area contributed by atoms with E-state index in [-0.39, 0.29) is 0 Å². The van der Waals surface area contributed by atoms with Crippen LogP contribution in [0.2, 0.25) is 0 Å². The lowest BCUT2D eigenvalue weighted by molar-refractivity contribution is -0.146. The van der Waals surface area contributed by atoms with Crippen LogP contribution in [-0.2, 0) is 4.79 Å². The van der Waals surface area contributed by atoms with Crippen molar-refractivity contribution in [3.8, 4) is 5.75 Å². The molecule has 1 N–H and O–H groups in total. The summed E-state index contributed by atoms with van der Waals surface area (Å²) in [4.78, 5) is 17.9. The van der Waals surface area contributed by atoms with Crippen molar-refractivity contribution in [2.24, 2.45) is 5.41 Å². The van der Waals surface area contributed by atoms with E-state index in [0.717, 1.165) is 28.9 Å². The number of hydrogen-bond acceptors (Lipinski definition) is 4. The predicted octanol–water partition coefficient (Wildman–Crippen LogP) is 2.54. The lowest BCUT2D eigenvalue weighted by atomic mass is 9.90. The second kappa shape index (κ2) is 4.91. The Morgan fingerprint density at radius 3 is 2.90 bits per heavy atom. The molecule has 2 aromatic rings. The van der Waals surface area contributed by atoms with E-state index in [9.17, 15) is 9.90 Å². The number of pyridine rings is 1. The summed E-state index contributed by atoms with van der Waals surface area (Å²) in [6.45, 7) is 3.05. The second-order valence-electron chi connectivity index (χ2n) is 5.72. The normalized spacial score (nSPS) is 21.7. The zero-order chi connectivity index (χ0) is 15.0. The molecule has 1 fully saturated rings. The fourth-order valence-electron chi connectivity index (χ4n) is 2.92. The Balaban J connectivity index is 2.05. The molecule has 1 saturated heterocycles. The molecule has 0 bridgehead atoms. The van der Waals surface area contributed by atoms with E-state index < -0.39 is 11.4 Å². The quantitative estimate of drug-likeness (QED) is 0.939. The van der Waals surface area contributed by atoms with E-state index >= 15 is 0 Å². The Morgan fingerprint density at radius 2 is 2.24 bits per heavy atom. The molecule has 1 aliphatic heterocycles. The summed E-state index contributed by atoms with van der Waals surface area (Å²) >= 11 is 0. The van der Waals surface area contributed by atoms with E-state index in [1.807, 2.05) is 24.3 Å². The van der Waals surface area contributed by atoms with Gasteiger partial charge < -0.3 is 14.7 Å². The van der Waals surface area contributed by atoms with Gasteiger partial charge in [-0.25, -0.2) is 0 Å². The zero-order valence-electron chi connectivity index (χ0n) is 12.2. The first-order valence-corrected chi connectivity index (χ1v) is 6.95. The maximum absolute atomic E-state index is 11.4. The second-order valence-corrected chi connectivity index (χ2v) is 5.72. The van der Waals surface area contributed by atoms with Crippen molar-refractivity contribution in [2.75, 3.05) is 25.1 Å². The van der Waals surface area contributed by atoms with Crippen molar-refractivity contribution in [2.45, 2.75) is 13.3 Å². The minimum Gasteiger partial charge on any atom is -0.494 e. The monoisotopic (exact) mass is 286 g/mol. The standard InChI is InChI=1S/C16H18N2O3/c1-16(15(19)20)7-9-18(10-16)12-6-8-17-14-11(12)4-3-5-13(14)21-2/h3-6,8H,7,9-10H2,1-2H3,(H,19,20). The summed E-state index contributed by atoms with van der Waals surface area (Å²) in [7, 11) is 1.63. The highest BCUT2D eigenvalue weighted by Crippen LogP contribution is 2.37. The third kappa shape index (κ3) is 2.18. The molecule has 1 aliphatic rings. The molecule has 2 heterocycles. The maximum Gasteiger partial charge on any atom is 0.311 e. The van der Waals surface area contributed by atoms with Gasteiger partial charge in [-0.15, -0.1) is 0 Å². The summed E-state index contributed by atoms with van der Waals surface area (Å²) in [5.74, 6) is -0.00418. The van der Waals surface area contributed by atoms with Gasteiger partial charge in [-0.2, -0.15) is 0 Å². The van der Waals surface area contributed by atoms with Gasteiger partial charge in [0.2, 0.25) is 0 Å². The molecule has 1 aromatic carbocycles. The van der Waals surface area contributed by atoms with E-state index in [2.05, 4.69) is 9.88 Å². The number of nitrogens with zero attached hydrogens (tertiary/aromatic N) is 2. The van der Waals surface area contributed by atoms with Crippen LogP contribution in [0.3, 0.4) is 0 Å². The number of aliphatic carboxylic acids is 1. The number of aromatic nitrogens is 1. The predicted molar refractivity (Wildman–Crippen MR) is 80.9 cm³/mol. The highest BCUT2D eigenvalue weighted by Gasteiger charge is 2.40. The molecule has 3 rings (SSSR count). The Hall–Kier alpha value is -2.30. The van der Waals surface area contributed by atoms with Crippen LogP contribution in [-0.4, -0.2) is 36.3 Å². The van der Waals surface area contributed by atoms with E-state index in [4.69, 9.17) is 4.74 Å². The number of hydrogen-bond donors (Lipinski definition) is 1. The van der Waals surface area contributed by atoms with Gasteiger partial charge in [0.15, 0.2) is 0 Å². The van der Waals surface area contributed by atoms with Gasteiger partial charge in [0.1, 0.15) is 11.3 Å². The molecule has 0 spiro atoms. The SMILES string of the molecule is COc1cccc2c(N3CCC(C)(C(=O)O)C3)ccnc12. The first kappa shape index (κ1) is 13.7. The molecular formula is C16H18N2O3. The number of fused-ring (bicyclic) bond motifs is 1. The minimum atomic E-state index is -0.735. The Bertz CT molecular complexity index is 701. The van der Waals surface area contributed by atoms with Crippen LogP contribution in [0.1, 0.15) is 13.3 Å². The topological polar surface area (TPSA) is 62.7 Å². The number of para-hydroxylation sites is 1. The third-order valence-corrected chi connectivity index (χ3v) is 4.26. The van der Waals surface area contributed by atoms with Crippen molar-refractivity contribution in [1.29, 1.82) is 0 Å². The van der Waals surface area contributed by atoms with Gasteiger partial charge in [-0.05, 0) is 25.5 Å². The molecule has 0 amide bonds. The fraction of sp³-hybridized carbons (Fsp3) is 0.375. The number of carboxylic acid groups (broad SMARTS) is 1. The molecule has 110 valence electrons. The van der Waals surface area contributed by atoms with Gasteiger partial charge in [0, 0.05) is 30.4 Å². The summed E-state index contributed by atoms with van der Waals surface area (Å²) in [5.41, 5.74) is 1.14. The van der Waals surface area contributed by atoms with Gasteiger partial charge in [0.25, 0.3) is 0 Å². The van der Waals surface area contributed by atoms with Crippen molar-refractivity contribution in [3.05, 3.63) is 30.5 Å². The van der Waals surface area contributed by atoms with Crippen molar-refractivity contribution in [3.63, 3.8) is 0 Å². The highest BCUT2D eigenvalue weighted by molar-refractivity contribution is 5.95. The Labute approximate surface area is 123 Å². The molecule has 0 radical (unpaired) electrons. The van der Waals surface area contributed by atoms with Crippen LogP contribution in [0.4, 0.5) is 5.69 Å². The summed E-state index contributed by atoms with van der Waals surface area (Å²) in [6.07, 6.45) is 2.40. The summed E-state index contributed by atoms with van der Waals surface area (Å²) in [5, 5.41) is 10.4. The Kier molecular flexibility index (Phi) is 3.20. The van der Waals surface area contributed by atoms with Crippen LogP contribution in [0.15, 0.2) is 30.5 Å². The zero-order valence-corrected chi connectivity index (χ0v) is 12.2. The molecule has 0 saturated carbocycles. The number of rotatable bonds is 3. The summed E-state index contributed by atoms with van der Waals surface area (Å²) in [6, 6.07) is 7.75. The van der Waals surface area contributed by atoms with E-state index in [1.54, 1.807) is 20.2 Å². The average molecular weight is 286 g/mol. The largest absolute Gasteiger partial charge is 0.494 e. The van der Waals surface area contributed by atoms with Crippen molar-refractivity contribution >= 4 is 22.6 Å². The van der Waals surface area contributed by atoms with Crippen molar-refractivity contribution < 1.29 is 14.6 Å². The number of carbonyl (C=O) groups is 1. The Morgan fingerprint density at radius 1 is 1.43 bits per heavy atom. The van der Waals surface area contributed by atoms with E-state index in [1.165, 1.54) is 0 Å². The first-order valence-electron chi connectivity index (χ1n) is 6.95. The van der Waals surface area contributed by atoms with Crippen LogP contribution >= 0.6 is 0 Å². The van der Waals surface area contributed by atoms with Crippen molar-refractivity contribution in [1.82, 2.24) is 4.98 Å². The number of carboxylic acids is 1. The van der Waals surface area contributed by atoms with Crippen LogP contribution in [0.25, 0.3) is 10.9 Å². The smallest absolute Gasteiger partial charge is 0.311 e. The van der Waals surface area contributed by atoms with Crippen LogP contribution in [0, 0.1) is 5.41 Å². The van der Waals surface area contributed by atoms with Gasteiger partial charge >= 0.3 is 5.97 Å². The molecule has 0 aliphatic carbocycles. The third-order valence-electron chi connectivity index (χ3n) is 4.26. The average Bonchev–Trinajstić information content (AvgIpc) is 2.90. The van der Waals surface area contributed by atoms with Crippen LogP contribution in [0.5, 0.6) is 5.75 Å². The molecule has 21 heavy (non-hydrogen) atoms. The molecule has 1 unspecified atom stereocenters.